The second kappa shape index (κ2) is 13.1. The van der Waals surface area contributed by atoms with Crippen molar-refractivity contribution in [1.29, 1.82) is 0 Å². The predicted octanol–water partition coefficient (Wildman–Crippen LogP) is 5.06. The molecular formula is C31H31F5N8O3. The SMILES string of the molecule is CN1CCN(c2ccc(C(=O)Nc3c[nH]c4cnc(Nc5cc(F)cc(F)c5)nc34)c(N(C(=O)C(F)(F)F)C3CCOCC3)c2)CC1. The Hall–Kier alpha value is -4.83. The van der Waals surface area contributed by atoms with Crippen molar-refractivity contribution in [2.24, 2.45) is 0 Å². The Labute approximate surface area is 265 Å². The number of piperazine rings is 1. The Morgan fingerprint density at radius 3 is 2.40 bits per heavy atom. The van der Waals surface area contributed by atoms with Crippen LogP contribution in [0.3, 0.4) is 0 Å². The van der Waals surface area contributed by atoms with Crippen LogP contribution in [-0.4, -0.2) is 90.3 Å². The molecule has 47 heavy (non-hydrogen) atoms. The number of rotatable bonds is 7. The third-order valence-corrected chi connectivity index (χ3v) is 8.15. The quantitative estimate of drug-likeness (QED) is 0.236. The molecule has 2 saturated heterocycles. The zero-order chi connectivity index (χ0) is 33.3. The summed E-state index contributed by atoms with van der Waals surface area (Å²) in [4.78, 5) is 43.1. The summed E-state index contributed by atoms with van der Waals surface area (Å²) in [7, 11) is 1.97. The Morgan fingerprint density at radius 1 is 1.02 bits per heavy atom. The highest BCUT2D eigenvalue weighted by Crippen LogP contribution is 2.35. The third kappa shape index (κ3) is 7.12. The number of aromatic nitrogens is 3. The number of H-pyrrole nitrogens is 1. The van der Waals surface area contributed by atoms with Gasteiger partial charge in [0.15, 0.2) is 0 Å². The van der Waals surface area contributed by atoms with Gasteiger partial charge in [0.1, 0.15) is 17.2 Å². The minimum absolute atomic E-state index is 0.0312. The first-order valence-corrected chi connectivity index (χ1v) is 14.9. The number of amides is 2. The van der Waals surface area contributed by atoms with E-state index in [-0.39, 0.29) is 60.1 Å². The number of halogens is 5. The number of carbonyl (C=O) groups excluding carboxylic acids is 2. The summed E-state index contributed by atoms with van der Waals surface area (Å²) >= 11 is 0. The van der Waals surface area contributed by atoms with E-state index >= 15 is 0 Å². The smallest absolute Gasteiger partial charge is 0.381 e. The standard InChI is InChI=1S/C31H31F5N8O3/c1-42-6-8-43(9-7-42)22-2-3-23(26(15-22)44(29(46)31(34,35)36)21-4-10-47-11-5-21)28(45)40-25-17-37-24-16-38-30(41-27(24)25)39-20-13-18(32)12-19(33)14-20/h2-3,12-17,21,37H,4-11H2,1H3,(H,40,45)(H,38,39,41). The molecule has 2 aromatic heterocycles. The molecule has 4 heterocycles. The van der Waals surface area contributed by atoms with Gasteiger partial charge >= 0.3 is 12.1 Å². The van der Waals surface area contributed by atoms with Crippen LogP contribution in [0, 0.1) is 11.6 Å². The van der Waals surface area contributed by atoms with Gasteiger partial charge < -0.3 is 35.1 Å². The highest BCUT2D eigenvalue weighted by Gasteiger charge is 2.46. The summed E-state index contributed by atoms with van der Waals surface area (Å²) in [5.74, 6) is -4.50. The van der Waals surface area contributed by atoms with Crippen LogP contribution in [0.4, 0.5) is 50.6 Å². The van der Waals surface area contributed by atoms with Crippen LogP contribution in [0.5, 0.6) is 0 Å². The number of benzene rings is 2. The fourth-order valence-electron chi connectivity index (χ4n) is 5.74. The normalized spacial score (nSPS) is 16.3. The Kier molecular flexibility index (Phi) is 8.96. The number of nitrogens with one attached hydrogen (secondary N) is 3. The number of fused-ring (bicyclic) bond motifs is 1. The summed E-state index contributed by atoms with van der Waals surface area (Å²) in [6.45, 7) is 3.02. The van der Waals surface area contributed by atoms with E-state index in [9.17, 15) is 31.5 Å². The summed E-state index contributed by atoms with van der Waals surface area (Å²) in [5, 5.41) is 5.41. The first-order chi connectivity index (χ1) is 22.5. The van der Waals surface area contributed by atoms with Crippen molar-refractivity contribution < 1.29 is 36.3 Å². The molecule has 6 rings (SSSR count). The molecule has 0 unspecified atom stereocenters. The lowest BCUT2D eigenvalue weighted by Crippen LogP contribution is -2.50. The van der Waals surface area contributed by atoms with Crippen molar-refractivity contribution in [3.8, 4) is 0 Å². The van der Waals surface area contributed by atoms with Gasteiger partial charge in [-0.2, -0.15) is 13.2 Å². The lowest BCUT2D eigenvalue weighted by atomic mass is 10.0. The number of anilines is 5. The van der Waals surface area contributed by atoms with Crippen molar-refractivity contribution in [3.63, 3.8) is 0 Å². The fourth-order valence-corrected chi connectivity index (χ4v) is 5.74. The lowest BCUT2D eigenvalue weighted by Gasteiger charge is -2.37. The van der Waals surface area contributed by atoms with Gasteiger partial charge in [0.05, 0.1) is 28.7 Å². The summed E-state index contributed by atoms with van der Waals surface area (Å²) in [6, 6.07) is 6.51. The molecule has 2 aromatic carbocycles. The van der Waals surface area contributed by atoms with Crippen LogP contribution in [0.2, 0.25) is 0 Å². The molecule has 0 atom stereocenters. The minimum Gasteiger partial charge on any atom is -0.381 e. The second-order valence-corrected chi connectivity index (χ2v) is 11.4. The Bertz CT molecular complexity index is 1760. The first-order valence-electron chi connectivity index (χ1n) is 14.9. The molecule has 0 spiro atoms. The number of nitrogens with zero attached hydrogens (tertiary/aromatic N) is 5. The van der Waals surface area contributed by atoms with Gasteiger partial charge in [-0.25, -0.2) is 18.7 Å². The highest BCUT2D eigenvalue weighted by molar-refractivity contribution is 6.14. The molecule has 248 valence electrons. The first kappa shape index (κ1) is 32.1. The molecule has 11 nitrogen and oxygen atoms in total. The zero-order valence-corrected chi connectivity index (χ0v) is 25.2. The van der Waals surface area contributed by atoms with Crippen LogP contribution >= 0.6 is 0 Å². The number of hydrogen-bond donors (Lipinski definition) is 3. The molecule has 0 saturated carbocycles. The zero-order valence-electron chi connectivity index (χ0n) is 25.2. The number of hydrogen-bond acceptors (Lipinski definition) is 8. The molecule has 4 aromatic rings. The van der Waals surface area contributed by atoms with Crippen molar-refractivity contribution in [3.05, 3.63) is 66.0 Å². The van der Waals surface area contributed by atoms with Crippen LogP contribution in [0.25, 0.3) is 11.0 Å². The van der Waals surface area contributed by atoms with Crippen LogP contribution < -0.4 is 20.4 Å². The molecule has 2 fully saturated rings. The van der Waals surface area contributed by atoms with Crippen molar-refractivity contribution >= 4 is 51.5 Å². The fraction of sp³-hybridized carbons (Fsp3) is 0.355. The molecule has 0 aliphatic carbocycles. The van der Waals surface area contributed by atoms with E-state index in [0.717, 1.165) is 25.2 Å². The van der Waals surface area contributed by atoms with E-state index in [1.165, 1.54) is 24.5 Å². The van der Waals surface area contributed by atoms with Crippen molar-refractivity contribution in [2.45, 2.75) is 25.1 Å². The largest absolute Gasteiger partial charge is 0.471 e. The lowest BCUT2D eigenvalue weighted by molar-refractivity contribution is -0.171. The molecule has 3 N–H and O–H groups in total. The molecular weight excluding hydrogens is 627 g/mol. The molecule has 16 heteroatoms. The van der Waals surface area contributed by atoms with Gasteiger partial charge in [-0.3, -0.25) is 9.59 Å². The second-order valence-electron chi connectivity index (χ2n) is 11.4. The molecule has 0 radical (unpaired) electrons. The average molecular weight is 659 g/mol. The van der Waals surface area contributed by atoms with E-state index in [1.807, 2.05) is 11.9 Å². The highest BCUT2D eigenvalue weighted by atomic mass is 19.4. The number of likely N-dealkylation sites (N-methyl/N-ethyl adjacent to an activating group) is 1. The van der Waals surface area contributed by atoms with Gasteiger partial charge in [0, 0.05) is 69.1 Å². The van der Waals surface area contributed by atoms with Gasteiger partial charge in [-0.15, -0.1) is 0 Å². The summed E-state index contributed by atoms with van der Waals surface area (Å²) < 4.78 is 75.0. The van der Waals surface area contributed by atoms with Crippen LogP contribution in [0.15, 0.2) is 48.8 Å². The topological polar surface area (TPSA) is 119 Å². The maximum atomic E-state index is 14.1. The minimum atomic E-state index is -5.20. The maximum Gasteiger partial charge on any atom is 0.471 e. The average Bonchev–Trinajstić information content (AvgIpc) is 3.42. The van der Waals surface area contributed by atoms with E-state index in [0.29, 0.717) is 35.3 Å². The van der Waals surface area contributed by atoms with E-state index in [2.05, 4.69) is 30.5 Å². The van der Waals surface area contributed by atoms with Gasteiger partial charge in [0.25, 0.3) is 5.91 Å². The summed E-state index contributed by atoms with van der Waals surface area (Å²) in [5.41, 5.74) is 1.10. The number of ether oxygens (including phenoxy) is 1. The monoisotopic (exact) mass is 658 g/mol. The van der Waals surface area contributed by atoms with E-state index < -0.39 is 35.7 Å². The molecule has 2 aliphatic heterocycles. The van der Waals surface area contributed by atoms with Gasteiger partial charge in [0.2, 0.25) is 5.95 Å². The summed E-state index contributed by atoms with van der Waals surface area (Å²) in [6.07, 6.45) is -2.06. The van der Waals surface area contributed by atoms with Gasteiger partial charge in [-0.05, 0) is 50.2 Å². The van der Waals surface area contributed by atoms with E-state index in [1.54, 1.807) is 6.07 Å². The van der Waals surface area contributed by atoms with Gasteiger partial charge in [-0.1, -0.05) is 0 Å². The number of alkyl halides is 3. The van der Waals surface area contributed by atoms with E-state index in [4.69, 9.17) is 4.74 Å². The third-order valence-electron chi connectivity index (χ3n) is 8.15. The predicted molar refractivity (Wildman–Crippen MR) is 165 cm³/mol. The molecule has 0 bridgehead atoms. The number of carbonyl (C=O) groups is 2. The number of aromatic amines is 1. The Morgan fingerprint density at radius 2 is 1.72 bits per heavy atom. The van der Waals surface area contributed by atoms with Crippen molar-refractivity contribution in [1.82, 2.24) is 19.9 Å². The van der Waals surface area contributed by atoms with Crippen molar-refractivity contribution in [2.75, 3.05) is 66.9 Å². The van der Waals surface area contributed by atoms with Crippen LogP contribution in [0.1, 0.15) is 23.2 Å². The molecule has 2 aliphatic rings. The molecule has 2 amide bonds. The Balaban J connectivity index is 1.36. The van der Waals surface area contributed by atoms with Crippen LogP contribution in [-0.2, 0) is 9.53 Å². The maximum absolute atomic E-state index is 14.1.